The standard InChI is InChI=1S/C29H37ClN4O6/c1-6-7-19(36)13-39-20-8-9-23(30)22(10-20)26-32-25(24(17(3)31)18(4)35)16(2)27(33-26)34-14-29(15-34)11-21(12-29)40-28(37)38-5/h8-10,19,21,36H,6-7,11-15,31H2,1-5H3/t19-/m1/s1. The molecule has 10 nitrogen and oxygen atoms in total. The molecule has 2 fully saturated rings. The van der Waals surface area contributed by atoms with Crippen LogP contribution in [0.2, 0.25) is 5.02 Å². The summed E-state index contributed by atoms with van der Waals surface area (Å²) in [4.78, 5) is 35.9. The van der Waals surface area contributed by atoms with Crippen molar-refractivity contribution in [3.63, 3.8) is 0 Å². The van der Waals surface area contributed by atoms with Gasteiger partial charge in [0.2, 0.25) is 0 Å². The molecule has 1 aromatic carbocycles. The Bertz CT molecular complexity index is 1310. The van der Waals surface area contributed by atoms with Crippen LogP contribution in [-0.4, -0.2) is 66.0 Å². The highest BCUT2D eigenvalue weighted by Crippen LogP contribution is 2.51. The van der Waals surface area contributed by atoms with E-state index in [0.29, 0.717) is 51.4 Å². The molecule has 1 aliphatic carbocycles. The van der Waals surface area contributed by atoms with Crippen molar-refractivity contribution in [2.75, 3.05) is 31.7 Å². The van der Waals surface area contributed by atoms with Gasteiger partial charge >= 0.3 is 6.16 Å². The highest BCUT2D eigenvalue weighted by molar-refractivity contribution is 6.33. The van der Waals surface area contributed by atoms with Gasteiger partial charge in [-0.15, -0.1) is 0 Å². The molecule has 4 rings (SSSR count). The second-order valence-electron chi connectivity index (χ2n) is 10.8. The van der Waals surface area contributed by atoms with Crippen molar-refractivity contribution in [2.24, 2.45) is 11.1 Å². The monoisotopic (exact) mass is 572 g/mol. The molecule has 216 valence electrons. The molecule has 0 radical (unpaired) electrons. The van der Waals surface area contributed by atoms with Crippen molar-refractivity contribution in [3.8, 4) is 17.1 Å². The minimum Gasteiger partial charge on any atom is -0.491 e. The number of rotatable bonds is 10. The van der Waals surface area contributed by atoms with Gasteiger partial charge in [-0.25, -0.2) is 14.8 Å². The summed E-state index contributed by atoms with van der Waals surface area (Å²) in [6.45, 7) is 8.61. The molecular weight excluding hydrogens is 536 g/mol. The maximum atomic E-state index is 12.6. The van der Waals surface area contributed by atoms with Gasteiger partial charge in [0, 0.05) is 35.3 Å². The van der Waals surface area contributed by atoms with Gasteiger partial charge in [0.1, 0.15) is 24.3 Å². The lowest BCUT2D eigenvalue weighted by Gasteiger charge is -2.58. The van der Waals surface area contributed by atoms with Crippen LogP contribution in [0.25, 0.3) is 17.0 Å². The van der Waals surface area contributed by atoms with E-state index in [1.807, 2.05) is 13.8 Å². The summed E-state index contributed by atoms with van der Waals surface area (Å²) in [5.74, 6) is 1.34. The zero-order valence-electron chi connectivity index (χ0n) is 23.6. The van der Waals surface area contributed by atoms with Crippen molar-refractivity contribution >= 4 is 34.9 Å². The Morgan fingerprint density at radius 3 is 2.55 bits per heavy atom. The molecule has 1 saturated heterocycles. The molecule has 1 aliphatic heterocycles. The topological polar surface area (TPSA) is 137 Å². The van der Waals surface area contributed by atoms with Crippen LogP contribution in [0, 0.1) is 12.3 Å². The first-order valence-corrected chi connectivity index (χ1v) is 13.8. The zero-order chi connectivity index (χ0) is 29.2. The molecule has 11 heteroatoms. The number of carbonyl (C=O) groups excluding carboxylic acids is 2. The van der Waals surface area contributed by atoms with Gasteiger partial charge in [-0.3, -0.25) is 4.79 Å². The molecule has 0 amide bonds. The molecule has 40 heavy (non-hydrogen) atoms. The number of allylic oxidation sites excluding steroid dienone is 2. The number of methoxy groups -OCH3 is 1. The molecule has 3 N–H and O–H groups in total. The number of hydrogen-bond acceptors (Lipinski definition) is 10. The fraction of sp³-hybridized carbons (Fsp3) is 0.517. The number of nitrogens with zero attached hydrogens (tertiary/aromatic N) is 3. The number of anilines is 1. The normalized spacial score (nSPS) is 17.4. The molecule has 1 atom stereocenters. The van der Waals surface area contributed by atoms with Crippen LogP contribution >= 0.6 is 11.6 Å². The van der Waals surface area contributed by atoms with Crippen LogP contribution < -0.4 is 15.4 Å². The average Bonchev–Trinajstić information content (AvgIpc) is 2.85. The lowest BCUT2D eigenvalue weighted by atomic mass is 9.61. The van der Waals surface area contributed by atoms with Crippen LogP contribution in [-0.2, 0) is 14.3 Å². The van der Waals surface area contributed by atoms with Crippen molar-refractivity contribution in [1.29, 1.82) is 0 Å². The van der Waals surface area contributed by atoms with Crippen LogP contribution in [0.3, 0.4) is 0 Å². The van der Waals surface area contributed by atoms with Gasteiger partial charge in [0.15, 0.2) is 11.6 Å². The number of Topliss-reactive ketones (excluding diaryl/α,β-unsaturated/α-hetero) is 1. The van der Waals surface area contributed by atoms with E-state index in [0.717, 1.165) is 37.9 Å². The number of aliphatic hydroxyl groups is 1. The number of benzene rings is 1. The predicted molar refractivity (Wildman–Crippen MR) is 152 cm³/mol. The zero-order valence-corrected chi connectivity index (χ0v) is 24.4. The van der Waals surface area contributed by atoms with Crippen molar-refractivity contribution in [3.05, 3.63) is 40.2 Å². The third-order valence-electron chi connectivity index (χ3n) is 7.45. The number of ketones is 1. The van der Waals surface area contributed by atoms with Crippen molar-refractivity contribution in [1.82, 2.24) is 9.97 Å². The Labute approximate surface area is 239 Å². The maximum absolute atomic E-state index is 12.6. The molecule has 1 spiro atoms. The molecule has 0 bridgehead atoms. The molecule has 2 heterocycles. The fourth-order valence-corrected chi connectivity index (χ4v) is 5.73. The van der Waals surface area contributed by atoms with Crippen LogP contribution in [0.1, 0.15) is 57.7 Å². The van der Waals surface area contributed by atoms with E-state index in [-0.39, 0.29) is 23.9 Å². The van der Waals surface area contributed by atoms with Gasteiger partial charge in [0.05, 0.1) is 29.5 Å². The molecule has 1 saturated carbocycles. The van der Waals surface area contributed by atoms with E-state index in [4.69, 9.17) is 36.8 Å². The smallest absolute Gasteiger partial charge is 0.491 e. The summed E-state index contributed by atoms with van der Waals surface area (Å²) in [6.07, 6.45) is 1.59. The fourth-order valence-electron chi connectivity index (χ4n) is 5.53. The van der Waals surface area contributed by atoms with E-state index in [2.05, 4.69) is 9.64 Å². The quantitative estimate of drug-likeness (QED) is 0.305. The number of aliphatic hydroxyl groups excluding tert-OH is 1. The minimum absolute atomic E-state index is 0.0319. The summed E-state index contributed by atoms with van der Waals surface area (Å²) in [7, 11) is 1.30. The Kier molecular flexibility index (Phi) is 8.90. The van der Waals surface area contributed by atoms with E-state index in [1.165, 1.54) is 14.0 Å². The second-order valence-corrected chi connectivity index (χ2v) is 11.2. The summed E-state index contributed by atoms with van der Waals surface area (Å²) >= 11 is 6.61. The highest BCUT2D eigenvalue weighted by atomic mass is 35.5. The third-order valence-corrected chi connectivity index (χ3v) is 7.78. The number of ether oxygens (including phenoxy) is 3. The first-order chi connectivity index (χ1) is 19.0. The summed E-state index contributed by atoms with van der Waals surface area (Å²) in [6, 6.07) is 5.17. The molecule has 1 aromatic heterocycles. The maximum Gasteiger partial charge on any atom is 0.508 e. The van der Waals surface area contributed by atoms with Gasteiger partial charge in [-0.05, 0) is 58.2 Å². The van der Waals surface area contributed by atoms with Crippen LogP contribution in [0.15, 0.2) is 23.9 Å². The number of nitrogens with two attached hydrogens (primary N) is 1. The van der Waals surface area contributed by atoms with Gasteiger partial charge < -0.3 is 30.0 Å². The summed E-state index contributed by atoms with van der Waals surface area (Å²) in [5, 5.41) is 10.5. The Morgan fingerprint density at radius 1 is 1.25 bits per heavy atom. The molecular formula is C29H37ClN4O6. The molecule has 2 aromatic rings. The number of carbonyl (C=O) groups is 2. The molecule has 2 aliphatic rings. The van der Waals surface area contributed by atoms with Crippen molar-refractivity contribution in [2.45, 2.75) is 65.6 Å². The summed E-state index contributed by atoms with van der Waals surface area (Å²) in [5.41, 5.74) is 8.60. The lowest BCUT2D eigenvalue weighted by molar-refractivity contribution is -0.111. The number of halogens is 1. The van der Waals surface area contributed by atoms with E-state index >= 15 is 0 Å². The van der Waals surface area contributed by atoms with E-state index in [9.17, 15) is 14.7 Å². The second kappa shape index (κ2) is 12.0. The number of hydrogen-bond donors (Lipinski definition) is 2. The summed E-state index contributed by atoms with van der Waals surface area (Å²) < 4.78 is 15.7. The Morgan fingerprint density at radius 2 is 1.95 bits per heavy atom. The van der Waals surface area contributed by atoms with Crippen LogP contribution in [0.5, 0.6) is 5.75 Å². The first kappa shape index (κ1) is 29.6. The predicted octanol–water partition coefficient (Wildman–Crippen LogP) is 4.68. The Hall–Kier alpha value is -3.37. The van der Waals surface area contributed by atoms with Gasteiger partial charge in [-0.2, -0.15) is 0 Å². The van der Waals surface area contributed by atoms with Gasteiger partial charge in [0.25, 0.3) is 0 Å². The largest absolute Gasteiger partial charge is 0.508 e. The highest BCUT2D eigenvalue weighted by Gasteiger charge is 2.54. The average molecular weight is 573 g/mol. The van der Waals surface area contributed by atoms with Crippen molar-refractivity contribution < 1.29 is 28.9 Å². The van der Waals surface area contributed by atoms with Gasteiger partial charge in [-0.1, -0.05) is 24.9 Å². The first-order valence-electron chi connectivity index (χ1n) is 13.4. The SMILES string of the molecule is CCC[C@@H](O)COc1ccc(Cl)c(-c2nc(C(C(C)=O)=C(C)N)c(C)c(N3CC4(CC(OC(=O)OC)C4)C3)n2)c1. The lowest BCUT2D eigenvalue weighted by Crippen LogP contribution is -2.64. The van der Waals surface area contributed by atoms with E-state index < -0.39 is 12.3 Å². The third kappa shape index (κ3) is 6.18. The molecule has 0 unspecified atom stereocenters. The Balaban J connectivity index is 1.67. The van der Waals surface area contributed by atoms with E-state index in [1.54, 1.807) is 25.1 Å². The number of aromatic nitrogens is 2. The minimum atomic E-state index is -0.666. The van der Waals surface area contributed by atoms with Crippen LogP contribution in [0.4, 0.5) is 10.6 Å².